The number of ketones is 1. The molecule has 0 radical (unpaired) electrons. The van der Waals surface area contributed by atoms with E-state index in [0.29, 0.717) is 29.5 Å². The van der Waals surface area contributed by atoms with Gasteiger partial charge in [0.2, 0.25) is 0 Å². The topological polar surface area (TPSA) is 81.9 Å². The van der Waals surface area contributed by atoms with E-state index in [4.69, 9.17) is 0 Å². The summed E-state index contributed by atoms with van der Waals surface area (Å²) in [5.41, 5.74) is 0.659. The molecule has 1 fully saturated rings. The van der Waals surface area contributed by atoms with E-state index in [-0.39, 0.29) is 29.0 Å². The molecular formula is C17H19N3O3S2. The molecule has 1 aromatic heterocycles. The number of allylic oxidation sites excluding steroid dienone is 1. The van der Waals surface area contributed by atoms with Crippen LogP contribution in [-0.2, 0) is 16.4 Å². The smallest absolute Gasteiger partial charge is 0.191 e. The van der Waals surface area contributed by atoms with Crippen LogP contribution < -0.4 is 0 Å². The zero-order valence-electron chi connectivity index (χ0n) is 13.7. The van der Waals surface area contributed by atoms with Crippen molar-refractivity contribution in [1.29, 1.82) is 0 Å². The van der Waals surface area contributed by atoms with E-state index >= 15 is 0 Å². The molecule has 8 heteroatoms. The van der Waals surface area contributed by atoms with Gasteiger partial charge in [-0.3, -0.25) is 4.79 Å². The maximum absolute atomic E-state index is 12.3. The van der Waals surface area contributed by atoms with Gasteiger partial charge in [-0.2, -0.15) is 0 Å². The fourth-order valence-corrected chi connectivity index (χ4v) is 5.43. The monoisotopic (exact) mass is 377 g/mol. The zero-order valence-corrected chi connectivity index (χ0v) is 15.3. The summed E-state index contributed by atoms with van der Waals surface area (Å²) in [7, 11) is -3.00. The number of nitrogens with zero attached hydrogens (tertiary/aromatic N) is 3. The summed E-state index contributed by atoms with van der Waals surface area (Å²) in [5, 5.41) is 8.99. The maximum Gasteiger partial charge on any atom is 0.191 e. The summed E-state index contributed by atoms with van der Waals surface area (Å²) < 4.78 is 25.3. The van der Waals surface area contributed by atoms with Gasteiger partial charge in [0.25, 0.3) is 0 Å². The predicted molar refractivity (Wildman–Crippen MR) is 97.7 cm³/mol. The van der Waals surface area contributed by atoms with Gasteiger partial charge in [-0.15, -0.1) is 16.8 Å². The molecule has 25 heavy (non-hydrogen) atoms. The van der Waals surface area contributed by atoms with Crippen molar-refractivity contribution in [2.45, 2.75) is 24.0 Å². The Labute approximate surface area is 151 Å². The van der Waals surface area contributed by atoms with Gasteiger partial charge < -0.3 is 4.57 Å². The molecule has 6 nitrogen and oxygen atoms in total. The van der Waals surface area contributed by atoms with Crippen LogP contribution in [0.2, 0.25) is 0 Å². The molecule has 0 aliphatic carbocycles. The van der Waals surface area contributed by atoms with Crippen LogP contribution in [0.5, 0.6) is 0 Å². The molecule has 132 valence electrons. The molecule has 1 unspecified atom stereocenters. The Morgan fingerprint density at radius 2 is 2.08 bits per heavy atom. The average molecular weight is 377 g/mol. The van der Waals surface area contributed by atoms with Gasteiger partial charge in [0.1, 0.15) is 5.82 Å². The first-order valence-corrected chi connectivity index (χ1v) is 10.8. The molecule has 2 heterocycles. The number of aromatic nitrogens is 3. The standard InChI is InChI=1S/C17H19N3O3S2/c1-2-9-20-16(14-8-10-25(22,23)12-14)18-19-17(20)24-11-15(21)13-6-4-3-5-7-13/h2-7,14H,1,8-12H2. The van der Waals surface area contributed by atoms with Gasteiger partial charge in [0.05, 0.1) is 17.3 Å². The quantitative estimate of drug-likeness (QED) is 0.418. The number of Topliss-reactive ketones (excluding diaryl/α,β-unsaturated/α-hetero) is 1. The molecule has 3 rings (SSSR count). The third-order valence-electron chi connectivity index (χ3n) is 4.08. The van der Waals surface area contributed by atoms with Crippen LogP contribution in [0.1, 0.15) is 28.5 Å². The number of carbonyl (C=O) groups excluding carboxylic acids is 1. The molecule has 2 aromatic rings. The van der Waals surface area contributed by atoms with Crippen molar-refractivity contribution >= 4 is 27.4 Å². The first-order valence-electron chi connectivity index (χ1n) is 7.95. The van der Waals surface area contributed by atoms with E-state index in [9.17, 15) is 13.2 Å². The lowest BCUT2D eigenvalue weighted by molar-refractivity contribution is 0.102. The third kappa shape index (κ3) is 4.19. The number of hydrogen-bond donors (Lipinski definition) is 0. The summed E-state index contributed by atoms with van der Waals surface area (Å²) >= 11 is 1.31. The Hall–Kier alpha value is -1.93. The second-order valence-electron chi connectivity index (χ2n) is 5.92. The summed E-state index contributed by atoms with van der Waals surface area (Å²) in [5.74, 6) is 1.09. The SMILES string of the molecule is C=CCn1c(SCC(=O)c2ccccc2)nnc1C1CCS(=O)(=O)C1. The van der Waals surface area contributed by atoms with E-state index in [1.54, 1.807) is 18.2 Å². The van der Waals surface area contributed by atoms with E-state index in [1.807, 2.05) is 22.8 Å². The zero-order chi connectivity index (χ0) is 17.9. The summed E-state index contributed by atoms with van der Waals surface area (Å²) in [4.78, 5) is 12.3. The number of hydrogen-bond acceptors (Lipinski definition) is 6. The number of thioether (sulfide) groups is 1. The van der Waals surface area contributed by atoms with Gasteiger partial charge in [0.15, 0.2) is 20.8 Å². The van der Waals surface area contributed by atoms with Gasteiger partial charge in [-0.1, -0.05) is 48.2 Å². The first-order chi connectivity index (χ1) is 12.0. The first kappa shape index (κ1) is 17.9. The molecular weight excluding hydrogens is 358 g/mol. The maximum atomic E-state index is 12.3. The van der Waals surface area contributed by atoms with E-state index in [1.165, 1.54) is 11.8 Å². The highest BCUT2D eigenvalue weighted by atomic mass is 32.2. The highest BCUT2D eigenvalue weighted by Crippen LogP contribution is 2.30. The number of carbonyl (C=O) groups is 1. The van der Waals surface area contributed by atoms with E-state index in [0.717, 1.165) is 0 Å². The van der Waals surface area contributed by atoms with Crippen LogP contribution in [-0.4, -0.2) is 46.2 Å². The number of benzene rings is 1. The van der Waals surface area contributed by atoms with E-state index in [2.05, 4.69) is 16.8 Å². The normalized spacial score (nSPS) is 19.0. The minimum Gasteiger partial charge on any atom is -0.302 e. The number of rotatable bonds is 7. The Morgan fingerprint density at radius 3 is 2.72 bits per heavy atom. The molecule has 1 aromatic carbocycles. The summed E-state index contributed by atoms with van der Waals surface area (Å²) in [6.45, 7) is 4.23. The second kappa shape index (κ2) is 7.53. The van der Waals surface area contributed by atoms with Crippen molar-refractivity contribution in [3.8, 4) is 0 Å². The van der Waals surface area contributed by atoms with Gasteiger partial charge in [0, 0.05) is 18.0 Å². The molecule has 0 N–H and O–H groups in total. The third-order valence-corrected chi connectivity index (χ3v) is 6.82. The minimum atomic E-state index is -3.00. The van der Waals surface area contributed by atoms with Crippen molar-refractivity contribution in [3.63, 3.8) is 0 Å². The van der Waals surface area contributed by atoms with E-state index < -0.39 is 9.84 Å². The molecule has 1 atom stereocenters. The molecule has 0 saturated carbocycles. The van der Waals surface area contributed by atoms with Crippen molar-refractivity contribution < 1.29 is 13.2 Å². The largest absolute Gasteiger partial charge is 0.302 e. The Balaban J connectivity index is 1.75. The lowest BCUT2D eigenvalue weighted by atomic mass is 10.1. The summed E-state index contributed by atoms with van der Waals surface area (Å²) in [6.07, 6.45) is 2.28. The Morgan fingerprint density at radius 1 is 1.32 bits per heavy atom. The molecule has 0 spiro atoms. The molecule has 1 saturated heterocycles. The Bertz CT molecular complexity index is 876. The van der Waals surface area contributed by atoms with Gasteiger partial charge >= 0.3 is 0 Å². The fraction of sp³-hybridized carbons (Fsp3) is 0.353. The molecule has 0 amide bonds. The highest BCUT2D eigenvalue weighted by molar-refractivity contribution is 7.99. The Kier molecular flexibility index (Phi) is 5.39. The van der Waals surface area contributed by atoms with Crippen molar-refractivity contribution in [1.82, 2.24) is 14.8 Å². The fourth-order valence-electron chi connectivity index (χ4n) is 2.85. The van der Waals surface area contributed by atoms with Gasteiger partial charge in [-0.25, -0.2) is 8.42 Å². The molecule has 1 aliphatic rings. The summed E-state index contributed by atoms with van der Waals surface area (Å²) in [6, 6.07) is 9.10. The number of sulfone groups is 1. The van der Waals surface area contributed by atoms with Crippen LogP contribution in [0, 0.1) is 0 Å². The highest BCUT2D eigenvalue weighted by Gasteiger charge is 2.33. The van der Waals surface area contributed by atoms with Crippen LogP contribution in [0.25, 0.3) is 0 Å². The van der Waals surface area contributed by atoms with Crippen molar-refractivity contribution in [2.24, 2.45) is 0 Å². The average Bonchev–Trinajstić information content (AvgIpc) is 3.16. The van der Waals surface area contributed by atoms with Gasteiger partial charge in [-0.05, 0) is 6.42 Å². The van der Waals surface area contributed by atoms with Crippen molar-refractivity contribution in [3.05, 3.63) is 54.4 Å². The van der Waals surface area contributed by atoms with Crippen LogP contribution >= 0.6 is 11.8 Å². The van der Waals surface area contributed by atoms with Crippen LogP contribution in [0.3, 0.4) is 0 Å². The van der Waals surface area contributed by atoms with Crippen molar-refractivity contribution in [2.75, 3.05) is 17.3 Å². The molecule has 1 aliphatic heterocycles. The lowest BCUT2D eigenvalue weighted by Gasteiger charge is -2.11. The minimum absolute atomic E-state index is 0.0174. The molecule has 0 bridgehead atoms. The van der Waals surface area contributed by atoms with Crippen LogP contribution in [0.15, 0.2) is 48.1 Å². The predicted octanol–water partition coefficient (Wildman–Crippen LogP) is 2.34. The lowest BCUT2D eigenvalue weighted by Crippen LogP contribution is -2.11. The second-order valence-corrected chi connectivity index (χ2v) is 9.09. The van der Waals surface area contributed by atoms with Crippen LogP contribution in [0.4, 0.5) is 0 Å².